The van der Waals surface area contributed by atoms with Crippen molar-refractivity contribution in [3.8, 4) is 0 Å². The Labute approximate surface area is 120 Å². The van der Waals surface area contributed by atoms with Gasteiger partial charge >= 0.3 is 0 Å². The highest BCUT2D eigenvalue weighted by Crippen LogP contribution is 2.29. The molecule has 5 nitrogen and oxygen atoms in total. The van der Waals surface area contributed by atoms with Gasteiger partial charge in [0.1, 0.15) is 4.21 Å². The van der Waals surface area contributed by atoms with E-state index in [4.69, 9.17) is 5.73 Å². The maximum atomic E-state index is 12.2. The third kappa shape index (κ3) is 2.97. The highest BCUT2D eigenvalue weighted by molar-refractivity contribution is 7.94. The number of nitrogens with two attached hydrogens (primary N) is 1. The van der Waals surface area contributed by atoms with Crippen LogP contribution in [0.15, 0.2) is 10.3 Å². The van der Waals surface area contributed by atoms with Crippen LogP contribution in [0.5, 0.6) is 0 Å². The van der Waals surface area contributed by atoms with Gasteiger partial charge in [0.2, 0.25) is 0 Å². The van der Waals surface area contributed by atoms with Crippen LogP contribution in [-0.4, -0.2) is 13.4 Å². The number of thiazole rings is 1. The molecule has 0 aliphatic carbocycles. The smallest absolute Gasteiger partial charge is 0.273 e. The molecule has 0 aliphatic heterocycles. The second-order valence-electron chi connectivity index (χ2n) is 4.14. The molecule has 0 fully saturated rings. The van der Waals surface area contributed by atoms with E-state index in [0.717, 1.165) is 21.0 Å². The minimum absolute atomic E-state index is 0.274. The van der Waals surface area contributed by atoms with Gasteiger partial charge in [-0.05, 0) is 32.4 Å². The van der Waals surface area contributed by atoms with E-state index < -0.39 is 10.0 Å². The summed E-state index contributed by atoms with van der Waals surface area (Å²) < 4.78 is 27.2. The number of rotatable bonds is 4. The summed E-state index contributed by atoms with van der Waals surface area (Å²) in [6.45, 7) is 5.97. The summed E-state index contributed by atoms with van der Waals surface area (Å²) in [5.74, 6) is 0. The van der Waals surface area contributed by atoms with E-state index in [1.54, 1.807) is 6.07 Å². The zero-order valence-electron chi connectivity index (χ0n) is 10.9. The first-order valence-electron chi connectivity index (χ1n) is 5.59. The number of thiophene rings is 1. The van der Waals surface area contributed by atoms with Crippen molar-refractivity contribution in [1.82, 2.24) is 4.98 Å². The Morgan fingerprint density at radius 1 is 1.32 bits per heavy atom. The van der Waals surface area contributed by atoms with Crippen molar-refractivity contribution in [2.75, 3.05) is 4.72 Å². The van der Waals surface area contributed by atoms with Gasteiger partial charge in [-0.1, -0.05) is 0 Å². The van der Waals surface area contributed by atoms with E-state index in [0.29, 0.717) is 11.7 Å². The molecule has 2 aromatic rings. The fourth-order valence-corrected chi connectivity index (χ4v) is 5.02. The highest BCUT2D eigenvalue weighted by atomic mass is 32.2. The summed E-state index contributed by atoms with van der Waals surface area (Å²) in [5, 5.41) is 0.398. The standard InChI is InChI=1S/C11H15N3O2S3/c1-6-4-10(18-9(6)5-12)19(15,16)14-11-13-7(2)8(3)17-11/h4H,5,12H2,1-3H3,(H,13,14). The number of sulfonamides is 1. The van der Waals surface area contributed by atoms with Crippen LogP contribution in [-0.2, 0) is 16.6 Å². The molecule has 0 radical (unpaired) electrons. The van der Waals surface area contributed by atoms with Crippen LogP contribution in [0.2, 0.25) is 0 Å². The van der Waals surface area contributed by atoms with Gasteiger partial charge in [-0.2, -0.15) is 0 Å². The van der Waals surface area contributed by atoms with Gasteiger partial charge in [-0.25, -0.2) is 13.4 Å². The summed E-state index contributed by atoms with van der Waals surface area (Å²) in [6, 6.07) is 1.64. The van der Waals surface area contributed by atoms with Gasteiger partial charge in [-0.15, -0.1) is 22.7 Å². The fraction of sp³-hybridized carbons (Fsp3) is 0.364. The summed E-state index contributed by atoms with van der Waals surface area (Å²) in [6.07, 6.45) is 0. The Kier molecular flexibility index (Phi) is 3.95. The molecule has 3 N–H and O–H groups in total. The molecule has 0 amide bonds. The van der Waals surface area contributed by atoms with Gasteiger partial charge in [0.15, 0.2) is 5.13 Å². The quantitative estimate of drug-likeness (QED) is 0.906. The minimum Gasteiger partial charge on any atom is -0.326 e. The van der Waals surface area contributed by atoms with Crippen molar-refractivity contribution in [2.24, 2.45) is 5.73 Å². The van der Waals surface area contributed by atoms with E-state index >= 15 is 0 Å². The van der Waals surface area contributed by atoms with Crippen molar-refractivity contribution < 1.29 is 8.42 Å². The molecule has 2 aromatic heterocycles. The number of anilines is 1. The van der Waals surface area contributed by atoms with Crippen LogP contribution in [0.1, 0.15) is 21.0 Å². The third-order valence-electron chi connectivity index (χ3n) is 2.70. The zero-order valence-corrected chi connectivity index (χ0v) is 13.3. The van der Waals surface area contributed by atoms with E-state index in [2.05, 4.69) is 9.71 Å². The summed E-state index contributed by atoms with van der Waals surface area (Å²) in [4.78, 5) is 6.06. The Balaban J connectivity index is 2.31. The average molecular weight is 317 g/mol. The van der Waals surface area contributed by atoms with E-state index in [1.165, 1.54) is 22.7 Å². The second kappa shape index (κ2) is 5.20. The molecular weight excluding hydrogens is 302 g/mol. The Morgan fingerprint density at radius 2 is 2.00 bits per heavy atom. The molecule has 2 heterocycles. The maximum Gasteiger partial charge on any atom is 0.273 e. The maximum absolute atomic E-state index is 12.2. The van der Waals surface area contributed by atoms with Crippen LogP contribution in [0.25, 0.3) is 0 Å². The number of nitrogens with one attached hydrogen (secondary N) is 1. The minimum atomic E-state index is -3.57. The lowest BCUT2D eigenvalue weighted by Crippen LogP contribution is -2.11. The molecule has 104 valence electrons. The lowest BCUT2D eigenvalue weighted by molar-refractivity contribution is 0.603. The van der Waals surface area contributed by atoms with Crippen molar-refractivity contribution in [3.05, 3.63) is 27.1 Å². The first-order chi connectivity index (χ1) is 8.83. The molecule has 8 heteroatoms. The monoisotopic (exact) mass is 317 g/mol. The molecule has 0 aromatic carbocycles. The molecular formula is C11H15N3O2S3. The predicted molar refractivity (Wildman–Crippen MR) is 79.3 cm³/mol. The molecule has 19 heavy (non-hydrogen) atoms. The molecule has 0 saturated heterocycles. The number of aromatic nitrogens is 1. The van der Waals surface area contributed by atoms with Gasteiger partial charge in [-0.3, -0.25) is 4.72 Å². The van der Waals surface area contributed by atoms with Gasteiger partial charge in [0, 0.05) is 16.3 Å². The molecule has 0 saturated carbocycles. The van der Waals surface area contributed by atoms with Crippen molar-refractivity contribution >= 4 is 37.8 Å². The second-order valence-corrected chi connectivity index (χ2v) is 8.39. The van der Waals surface area contributed by atoms with Crippen LogP contribution in [0, 0.1) is 20.8 Å². The lowest BCUT2D eigenvalue weighted by atomic mass is 10.3. The van der Waals surface area contributed by atoms with Crippen molar-refractivity contribution in [1.29, 1.82) is 0 Å². The van der Waals surface area contributed by atoms with Gasteiger partial charge < -0.3 is 5.73 Å². The number of aryl methyl sites for hydroxylation is 3. The molecule has 0 bridgehead atoms. The van der Waals surface area contributed by atoms with Crippen molar-refractivity contribution in [2.45, 2.75) is 31.5 Å². The fourth-order valence-electron chi connectivity index (χ4n) is 1.51. The first kappa shape index (κ1) is 14.4. The normalized spacial score (nSPS) is 11.8. The summed E-state index contributed by atoms with van der Waals surface area (Å²) in [5.41, 5.74) is 7.31. The lowest BCUT2D eigenvalue weighted by Gasteiger charge is -2.01. The molecule has 0 unspecified atom stereocenters. The van der Waals surface area contributed by atoms with E-state index in [9.17, 15) is 8.42 Å². The average Bonchev–Trinajstić information content (AvgIpc) is 2.83. The Morgan fingerprint density at radius 3 is 2.47 bits per heavy atom. The van der Waals surface area contributed by atoms with Crippen LogP contribution < -0.4 is 10.5 Å². The Hall–Kier alpha value is -0.960. The molecule has 0 atom stereocenters. The summed E-state index contributed by atoms with van der Waals surface area (Å²) >= 11 is 2.53. The Bertz CT molecular complexity index is 681. The predicted octanol–water partition coefficient (Wildman–Crippen LogP) is 2.39. The topological polar surface area (TPSA) is 85.1 Å². The van der Waals surface area contributed by atoms with E-state index in [1.807, 2.05) is 20.8 Å². The van der Waals surface area contributed by atoms with Crippen LogP contribution >= 0.6 is 22.7 Å². The summed E-state index contributed by atoms with van der Waals surface area (Å²) in [7, 11) is -3.57. The highest BCUT2D eigenvalue weighted by Gasteiger charge is 2.20. The van der Waals surface area contributed by atoms with Crippen LogP contribution in [0.4, 0.5) is 5.13 Å². The number of hydrogen-bond acceptors (Lipinski definition) is 6. The number of nitrogens with zero attached hydrogens (tertiary/aromatic N) is 1. The van der Waals surface area contributed by atoms with Gasteiger partial charge in [0.25, 0.3) is 10.0 Å². The van der Waals surface area contributed by atoms with Crippen molar-refractivity contribution in [3.63, 3.8) is 0 Å². The van der Waals surface area contributed by atoms with Crippen LogP contribution in [0.3, 0.4) is 0 Å². The molecule has 2 rings (SSSR count). The molecule has 0 aliphatic rings. The SMILES string of the molecule is Cc1cc(S(=O)(=O)Nc2nc(C)c(C)s2)sc1CN. The van der Waals surface area contributed by atoms with Gasteiger partial charge in [0.05, 0.1) is 5.69 Å². The van der Waals surface area contributed by atoms with E-state index in [-0.39, 0.29) is 4.21 Å². The number of hydrogen-bond donors (Lipinski definition) is 2. The third-order valence-corrected chi connectivity index (χ3v) is 6.89. The molecule has 0 spiro atoms. The zero-order chi connectivity index (χ0) is 14.2. The largest absolute Gasteiger partial charge is 0.326 e. The first-order valence-corrected chi connectivity index (χ1v) is 8.71.